The predicted octanol–water partition coefficient (Wildman–Crippen LogP) is 4.65. The molecule has 1 fully saturated rings. The van der Waals surface area contributed by atoms with Crippen LogP contribution in [0.3, 0.4) is 0 Å². The summed E-state index contributed by atoms with van der Waals surface area (Å²) in [5, 5.41) is 1.87. The van der Waals surface area contributed by atoms with E-state index in [1.807, 2.05) is 5.32 Å². The number of rotatable bonds is 5. The minimum absolute atomic E-state index is 0.0219. The molecule has 0 spiro atoms. The lowest BCUT2D eigenvalue weighted by Gasteiger charge is -2.37. The van der Waals surface area contributed by atoms with Gasteiger partial charge in [0.1, 0.15) is 11.4 Å². The highest BCUT2D eigenvalue weighted by Crippen LogP contribution is 2.35. The SMILES string of the molecule is CC1CN(c2c(F)c(F)c(NC(=O)c3ccc(NS(=O)(=O)C(C)(C)C)cc3)c(F)c2F)CC(C)O1. The zero-order valence-electron chi connectivity index (χ0n) is 19.9. The van der Waals surface area contributed by atoms with Crippen LogP contribution in [0, 0.1) is 23.3 Å². The fourth-order valence-corrected chi connectivity index (χ4v) is 4.30. The third-order valence-electron chi connectivity index (χ3n) is 5.42. The van der Waals surface area contributed by atoms with Gasteiger partial charge >= 0.3 is 0 Å². The van der Waals surface area contributed by atoms with E-state index in [2.05, 4.69) is 4.72 Å². The lowest BCUT2D eigenvalue weighted by Crippen LogP contribution is -2.46. The first-order valence-electron chi connectivity index (χ1n) is 10.8. The molecule has 2 N–H and O–H groups in total. The molecule has 0 bridgehead atoms. The number of halogens is 4. The monoisotopic (exact) mass is 517 g/mol. The standard InChI is InChI=1S/C23H27F4N3O4S/c1-12-10-30(11-13(2)34-12)21-18(26)16(24)20(17(25)19(21)27)28-22(31)14-6-8-15(9-7-14)29-35(32,33)23(3,4)5/h6-9,12-13,29H,10-11H2,1-5H3,(H,28,31). The minimum Gasteiger partial charge on any atom is -0.372 e. The number of morpholine rings is 1. The number of hydrogen-bond acceptors (Lipinski definition) is 5. The second-order valence-corrected chi connectivity index (χ2v) is 11.8. The Labute approximate surface area is 201 Å². The van der Waals surface area contributed by atoms with Crippen LogP contribution < -0.4 is 14.9 Å². The van der Waals surface area contributed by atoms with E-state index in [9.17, 15) is 30.8 Å². The topological polar surface area (TPSA) is 87.7 Å². The van der Waals surface area contributed by atoms with Crippen molar-refractivity contribution in [3.63, 3.8) is 0 Å². The van der Waals surface area contributed by atoms with Crippen molar-refractivity contribution in [2.75, 3.05) is 28.0 Å². The van der Waals surface area contributed by atoms with Gasteiger partial charge in [0.25, 0.3) is 5.91 Å². The van der Waals surface area contributed by atoms with Crippen molar-refractivity contribution < 1.29 is 35.5 Å². The number of sulfonamides is 1. The Morgan fingerprint density at radius 3 is 1.89 bits per heavy atom. The van der Waals surface area contributed by atoms with E-state index in [0.29, 0.717) is 0 Å². The molecular formula is C23H27F4N3O4S. The molecule has 1 saturated heterocycles. The van der Waals surface area contributed by atoms with Crippen molar-refractivity contribution in [1.82, 2.24) is 0 Å². The second-order valence-electron chi connectivity index (χ2n) is 9.39. The minimum atomic E-state index is -3.72. The van der Waals surface area contributed by atoms with Crippen molar-refractivity contribution in [2.24, 2.45) is 0 Å². The molecule has 2 aromatic rings. The first-order valence-corrected chi connectivity index (χ1v) is 12.3. The van der Waals surface area contributed by atoms with Gasteiger partial charge in [0.05, 0.1) is 17.0 Å². The van der Waals surface area contributed by atoms with E-state index < -0.39 is 67.5 Å². The summed E-state index contributed by atoms with van der Waals surface area (Å²) in [5.41, 5.74) is -2.09. The molecule has 0 aliphatic carbocycles. The Balaban J connectivity index is 1.85. The van der Waals surface area contributed by atoms with Crippen LogP contribution in [0.1, 0.15) is 45.0 Å². The summed E-state index contributed by atoms with van der Waals surface area (Å²) in [6.45, 7) is 7.89. The van der Waals surface area contributed by atoms with Gasteiger partial charge in [-0.3, -0.25) is 9.52 Å². The number of carbonyl (C=O) groups is 1. The highest BCUT2D eigenvalue weighted by Gasteiger charge is 2.33. The van der Waals surface area contributed by atoms with Gasteiger partial charge in [0, 0.05) is 24.3 Å². The molecule has 12 heteroatoms. The van der Waals surface area contributed by atoms with E-state index in [0.717, 1.165) is 0 Å². The highest BCUT2D eigenvalue weighted by molar-refractivity contribution is 7.94. The van der Waals surface area contributed by atoms with Crippen molar-refractivity contribution in [3.05, 3.63) is 53.1 Å². The van der Waals surface area contributed by atoms with Crippen LogP contribution in [0.2, 0.25) is 0 Å². The molecule has 1 aliphatic heterocycles. The molecule has 2 aromatic carbocycles. The van der Waals surface area contributed by atoms with E-state index in [-0.39, 0.29) is 24.3 Å². The third-order valence-corrected chi connectivity index (χ3v) is 7.54. The molecule has 192 valence electrons. The summed E-state index contributed by atoms with van der Waals surface area (Å²) in [6.07, 6.45) is -0.835. The van der Waals surface area contributed by atoms with Crippen LogP contribution >= 0.6 is 0 Å². The Kier molecular flexibility index (Phi) is 7.37. The quantitative estimate of drug-likeness (QED) is 0.446. The highest BCUT2D eigenvalue weighted by atomic mass is 32.2. The fourth-order valence-electron chi connectivity index (χ4n) is 3.55. The molecule has 7 nitrogen and oxygen atoms in total. The molecule has 3 rings (SSSR count). The zero-order chi connectivity index (χ0) is 26.3. The first kappa shape index (κ1) is 26.7. The Morgan fingerprint density at radius 1 is 0.943 bits per heavy atom. The number of hydrogen-bond donors (Lipinski definition) is 2. The van der Waals surface area contributed by atoms with E-state index in [1.54, 1.807) is 13.8 Å². The molecule has 0 radical (unpaired) electrons. The average Bonchev–Trinajstić information content (AvgIpc) is 2.74. The van der Waals surface area contributed by atoms with Crippen LogP contribution in [0.4, 0.5) is 34.6 Å². The number of nitrogens with zero attached hydrogens (tertiary/aromatic N) is 1. The summed E-state index contributed by atoms with van der Waals surface area (Å²) in [4.78, 5) is 13.7. The van der Waals surface area contributed by atoms with Gasteiger partial charge in [0.15, 0.2) is 23.3 Å². The van der Waals surface area contributed by atoms with Crippen LogP contribution in [0.25, 0.3) is 0 Å². The number of anilines is 3. The maximum Gasteiger partial charge on any atom is 0.255 e. The molecule has 1 heterocycles. The largest absolute Gasteiger partial charge is 0.372 e. The number of ether oxygens (including phenoxy) is 1. The molecule has 2 atom stereocenters. The summed E-state index contributed by atoms with van der Waals surface area (Å²) >= 11 is 0. The lowest BCUT2D eigenvalue weighted by atomic mass is 10.1. The maximum absolute atomic E-state index is 14.8. The van der Waals surface area contributed by atoms with Crippen LogP contribution in [-0.2, 0) is 14.8 Å². The van der Waals surface area contributed by atoms with Gasteiger partial charge in [-0.1, -0.05) is 0 Å². The molecule has 0 aromatic heterocycles. The van der Waals surface area contributed by atoms with Gasteiger partial charge in [-0.25, -0.2) is 26.0 Å². The van der Waals surface area contributed by atoms with Crippen molar-refractivity contribution in [3.8, 4) is 0 Å². The van der Waals surface area contributed by atoms with Gasteiger partial charge in [-0.15, -0.1) is 0 Å². The molecule has 0 saturated carbocycles. The molecule has 1 aliphatic rings. The normalized spacial score (nSPS) is 18.9. The van der Waals surface area contributed by atoms with Crippen LogP contribution in [0.5, 0.6) is 0 Å². The van der Waals surface area contributed by atoms with Crippen LogP contribution in [0.15, 0.2) is 24.3 Å². The summed E-state index contributed by atoms with van der Waals surface area (Å²) in [7, 11) is -3.72. The molecule has 2 unspecified atom stereocenters. The third kappa shape index (κ3) is 5.53. The van der Waals surface area contributed by atoms with E-state index in [4.69, 9.17) is 4.74 Å². The predicted molar refractivity (Wildman–Crippen MR) is 125 cm³/mol. The summed E-state index contributed by atoms with van der Waals surface area (Å²) in [6, 6.07) is 4.94. The van der Waals surface area contributed by atoms with Gasteiger partial charge in [-0.2, -0.15) is 0 Å². The average molecular weight is 518 g/mol. The maximum atomic E-state index is 14.8. The van der Waals surface area contributed by atoms with Crippen molar-refractivity contribution in [2.45, 2.75) is 51.6 Å². The van der Waals surface area contributed by atoms with E-state index in [1.165, 1.54) is 49.9 Å². The molecule has 35 heavy (non-hydrogen) atoms. The van der Waals surface area contributed by atoms with Crippen molar-refractivity contribution in [1.29, 1.82) is 0 Å². The fraction of sp³-hybridized carbons (Fsp3) is 0.435. The van der Waals surface area contributed by atoms with Gasteiger partial charge in [-0.05, 0) is 58.9 Å². The molecular weight excluding hydrogens is 490 g/mol. The second kappa shape index (κ2) is 9.65. The summed E-state index contributed by atoms with van der Waals surface area (Å²) in [5.74, 6) is -7.80. The Bertz CT molecular complexity index is 1190. The molecule has 1 amide bonds. The lowest BCUT2D eigenvalue weighted by molar-refractivity contribution is -0.00566. The number of carbonyl (C=O) groups excluding carboxylic acids is 1. The van der Waals surface area contributed by atoms with Gasteiger partial charge in [0.2, 0.25) is 10.0 Å². The number of benzene rings is 2. The number of amides is 1. The Morgan fingerprint density at radius 2 is 1.43 bits per heavy atom. The van der Waals surface area contributed by atoms with Gasteiger partial charge < -0.3 is 15.0 Å². The number of nitrogens with one attached hydrogen (secondary N) is 2. The van der Waals surface area contributed by atoms with Crippen molar-refractivity contribution >= 4 is 33.0 Å². The Hall–Kier alpha value is -2.86. The van der Waals surface area contributed by atoms with E-state index >= 15 is 0 Å². The smallest absolute Gasteiger partial charge is 0.255 e. The first-order chi connectivity index (χ1) is 16.1. The zero-order valence-corrected chi connectivity index (χ0v) is 20.7. The van der Waals surface area contributed by atoms with Crippen LogP contribution in [-0.4, -0.2) is 44.4 Å². The summed E-state index contributed by atoms with van der Waals surface area (Å²) < 4.78 is 90.4.